The second-order valence-electron chi connectivity index (χ2n) is 5.04. The van der Waals surface area contributed by atoms with Crippen molar-refractivity contribution in [1.82, 2.24) is 15.0 Å². The normalized spacial score (nSPS) is 11.3. The number of aromatic amines is 2. The van der Waals surface area contributed by atoms with Gasteiger partial charge >= 0.3 is 5.97 Å². The first-order chi connectivity index (χ1) is 11.0. The van der Waals surface area contributed by atoms with Gasteiger partial charge in [-0.05, 0) is 12.1 Å². The minimum atomic E-state index is -1.09. The summed E-state index contributed by atoms with van der Waals surface area (Å²) < 4.78 is 0. The van der Waals surface area contributed by atoms with Gasteiger partial charge in [0.1, 0.15) is 5.52 Å². The molecule has 7 nitrogen and oxygen atoms in total. The van der Waals surface area contributed by atoms with Crippen LogP contribution in [-0.4, -0.2) is 26.0 Å². The van der Waals surface area contributed by atoms with Crippen LogP contribution in [0.2, 0.25) is 0 Å². The Morgan fingerprint density at radius 1 is 1.35 bits per heavy atom. The largest absolute Gasteiger partial charge is 0.478 e. The number of nitrogen functional groups attached to an aromatic ring is 1. The third kappa shape index (κ3) is 2.00. The lowest BCUT2D eigenvalue weighted by atomic mass is 10.0. The van der Waals surface area contributed by atoms with Crippen molar-refractivity contribution in [3.63, 3.8) is 0 Å². The van der Waals surface area contributed by atoms with Crippen LogP contribution in [0.15, 0.2) is 34.6 Å². The van der Waals surface area contributed by atoms with Crippen molar-refractivity contribution in [2.45, 2.75) is 0 Å². The lowest BCUT2D eigenvalue weighted by Crippen LogP contribution is -2.07. The number of pyridine rings is 1. The Labute approximate surface area is 132 Å². The summed E-state index contributed by atoms with van der Waals surface area (Å²) in [5.74, 6) is -1.09. The van der Waals surface area contributed by atoms with E-state index in [1.807, 2.05) is 17.5 Å². The molecule has 0 aliphatic heterocycles. The van der Waals surface area contributed by atoms with Crippen LogP contribution in [0.4, 0.5) is 5.13 Å². The number of nitrogens with two attached hydrogens (primary N) is 1. The van der Waals surface area contributed by atoms with E-state index in [4.69, 9.17) is 5.73 Å². The van der Waals surface area contributed by atoms with Crippen LogP contribution in [0.3, 0.4) is 0 Å². The minimum absolute atomic E-state index is 0.0611. The lowest BCUT2D eigenvalue weighted by Gasteiger charge is -2.04. The van der Waals surface area contributed by atoms with Gasteiger partial charge in [0.15, 0.2) is 5.13 Å². The number of hydrogen-bond donors (Lipinski definition) is 4. The van der Waals surface area contributed by atoms with Crippen LogP contribution in [-0.2, 0) is 0 Å². The Kier molecular flexibility index (Phi) is 2.75. The summed E-state index contributed by atoms with van der Waals surface area (Å²) in [7, 11) is 0. The average Bonchev–Trinajstić information content (AvgIpc) is 3.14. The Morgan fingerprint density at radius 2 is 2.17 bits per heavy atom. The monoisotopic (exact) mass is 326 g/mol. The molecule has 114 valence electrons. The van der Waals surface area contributed by atoms with Gasteiger partial charge in [0.25, 0.3) is 5.56 Å². The number of rotatable bonds is 2. The highest BCUT2D eigenvalue weighted by Crippen LogP contribution is 2.30. The van der Waals surface area contributed by atoms with E-state index in [0.717, 1.165) is 5.56 Å². The first kappa shape index (κ1) is 13.5. The third-order valence-corrected chi connectivity index (χ3v) is 4.37. The van der Waals surface area contributed by atoms with E-state index in [9.17, 15) is 14.7 Å². The van der Waals surface area contributed by atoms with E-state index >= 15 is 0 Å². The number of aromatic nitrogens is 3. The molecule has 4 rings (SSSR count). The van der Waals surface area contributed by atoms with Gasteiger partial charge in [0.05, 0.1) is 11.3 Å². The SMILES string of the molecule is Nc1nc(-c2ccc3[nH]c(=O)c4[nH]cc(C(=O)O)c4c3c2)cs1. The quantitative estimate of drug-likeness (QED) is 0.450. The Hall–Kier alpha value is -3.13. The molecule has 0 amide bonds. The summed E-state index contributed by atoms with van der Waals surface area (Å²) in [4.78, 5) is 33.2. The molecule has 4 aromatic rings. The van der Waals surface area contributed by atoms with Crippen LogP contribution in [0.1, 0.15) is 10.4 Å². The number of thiazole rings is 1. The summed E-state index contributed by atoms with van der Waals surface area (Å²) in [6.07, 6.45) is 1.33. The van der Waals surface area contributed by atoms with Crippen LogP contribution < -0.4 is 11.3 Å². The summed E-state index contributed by atoms with van der Waals surface area (Å²) in [6, 6.07) is 5.35. The number of carboxylic acids is 1. The molecular weight excluding hydrogens is 316 g/mol. The molecule has 0 fully saturated rings. The third-order valence-electron chi connectivity index (χ3n) is 3.69. The molecule has 1 aromatic carbocycles. The Balaban J connectivity index is 2.12. The highest BCUT2D eigenvalue weighted by atomic mass is 32.1. The smallest absolute Gasteiger partial charge is 0.337 e. The molecule has 0 aliphatic rings. The van der Waals surface area contributed by atoms with E-state index in [1.165, 1.54) is 17.5 Å². The van der Waals surface area contributed by atoms with Crippen LogP contribution >= 0.6 is 11.3 Å². The second-order valence-corrected chi connectivity index (χ2v) is 5.93. The summed E-state index contributed by atoms with van der Waals surface area (Å²) in [6.45, 7) is 0. The molecule has 0 saturated heterocycles. The fraction of sp³-hybridized carbons (Fsp3) is 0. The van der Waals surface area contributed by atoms with Crippen molar-refractivity contribution in [3.05, 3.63) is 45.7 Å². The molecule has 0 aliphatic carbocycles. The minimum Gasteiger partial charge on any atom is -0.478 e. The number of aromatic carboxylic acids is 1. The zero-order valence-corrected chi connectivity index (χ0v) is 12.4. The highest BCUT2D eigenvalue weighted by Gasteiger charge is 2.17. The fourth-order valence-electron chi connectivity index (χ4n) is 2.68. The average molecular weight is 326 g/mol. The summed E-state index contributed by atoms with van der Waals surface area (Å²) >= 11 is 1.33. The number of carbonyl (C=O) groups is 1. The van der Waals surface area contributed by atoms with Gasteiger partial charge in [-0.15, -0.1) is 11.3 Å². The molecule has 0 atom stereocenters. The zero-order valence-electron chi connectivity index (χ0n) is 11.6. The molecule has 23 heavy (non-hydrogen) atoms. The molecule has 0 saturated carbocycles. The van der Waals surface area contributed by atoms with E-state index in [0.29, 0.717) is 27.1 Å². The number of H-pyrrole nitrogens is 2. The number of benzene rings is 1. The number of hydrogen-bond acceptors (Lipinski definition) is 5. The lowest BCUT2D eigenvalue weighted by molar-refractivity contribution is 0.0699. The number of carboxylic acid groups (broad SMARTS) is 1. The van der Waals surface area contributed by atoms with Crippen molar-refractivity contribution in [2.24, 2.45) is 0 Å². The molecule has 5 N–H and O–H groups in total. The molecule has 0 bridgehead atoms. The number of fused-ring (bicyclic) bond motifs is 3. The van der Waals surface area contributed by atoms with E-state index < -0.39 is 5.97 Å². The van der Waals surface area contributed by atoms with E-state index in [-0.39, 0.29) is 16.6 Å². The van der Waals surface area contributed by atoms with Crippen LogP contribution in [0.5, 0.6) is 0 Å². The molecular formula is C15H10N4O3S. The molecule has 8 heteroatoms. The first-order valence-electron chi connectivity index (χ1n) is 6.66. The topological polar surface area (TPSA) is 125 Å². The molecule has 0 unspecified atom stereocenters. The molecule has 3 heterocycles. The van der Waals surface area contributed by atoms with Crippen molar-refractivity contribution < 1.29 is 9.90 Å². The van der Waals surface area contributed by atoms with Crippen molar-refractivity contribution >= 4 is 44.2 Å². The molecule has 3 aromatic heterocycles. The van der Waals surface area contributed by atoms with Gasteiger partial charge in [0.2, 0.25) is 0 Å². The maximum Gasteiger partial charge on any atom is 0.337 e. The van der Waals surface area contributed by atoms with Gasteiger partial charge < -0.3 is 20.8 Å². The van der Waals surface area contributed by atoms with E-state index in [2.05, 4.69) is 15.0 Å². The summed E-state index contributed by atoms with van der Waals surface area (Å²) in [5.41, 5.74) is 7.69. The molecule has 0 spiro atoms. The predicted molar refractivity (Wildman–Crippen MR) is 88.9 cm³/mol. The van der Waals surface area contributed by atoms with E-state index in [1.54, 1.807) is 6.07 Å². The van der Waals surface area contributed by atoms with Gasteiger partial charge in [0, 0.05) is 33.4 Å². The van der Waals surface area contributed by atoms with Gasteiger partial charge in [-0.1, -0.05) is 6.07 Å². The van der Waals surface area contributed by atoms with Crippen molar-refractivity contribution in [3.8, 4) is 11.3 Å². The standard InChI is InChI=1S/C15H10N4O3S/c16-15-19-10(5-23-15)6-1-2-9-7(3-6)11-8(14(21)22)4-17-12(11)13(20)18-9/h1-5,17H,(H2,16,19)(H,18,20)(H,21,22). The maximum atomic E-state index is 12.1. The van der Waals surface area contributed by atoms with Gasteiger partial charge in [-0.2, -0.15) is 0 Å². The van der Waals surface area contributed by atoms with Gasteiger partial charge in [-0.3, -0.25) is 4.79 Å². The predicted octanol–water partition coefficient (Wildman–Crippen LogP) is 2.41. The van der Waals surface area contributed by atoms with Crippen molar-refractivity contribution in [1.29, 1.82) is 0 Å². The zero-order chi connectivity index (χ0) is 16.1. The number of anilines is 1. The fourth-order valence-corrected chi connectivity index (χ4v) is 3.25. The molecule has 0 radical (unpaired) electrons. The second kappa shape index (κ2) is 4.68. The number of nitrogens with zero attached hydrogens (tertiary/aromatic N) is 1. The number of nitrogens with one attached hydrogen (secondary N) is 2. The van der Waals surface area contributed by atoms with Crippen molar-refractivity contribution in [2.75, 3.05) is 5.73 Å². The van der Waals surface area contributed by atoms with Crippen LogP contribution in [0.25, 0.3) is 33.1 Å². The van der Waals surface area contributed by atoms with Gasteiger partial charge in [-0.25, -0.2) is 9.78 Å². The van der Waals surface area contributed by atoms with Crippen LogP contribution in [0, 0.1) is 0 Å². The Morgan fingerprint density at radius 3 is 2.87 bits per heavy atom. The maximum absolute atomic E-state index is 12.1. The highest BCUT2D eigenvalue weighted by molar-refractivity contribution is 7.13. The first-order valence-corrected chi connectivity index (χ1v) is 7.54. The summed E-state index contributed by atoms with van der Waals surface area (Å²) in [5, 5.41) is 12.7. The Bertz CT molecular complexity index is 1140.